The van der Waals surface area contributed by atoms with Crippen molar-refractivity contribution in [2.75, 3.05) is 0 Å². The highest BCUT2D eigenvalue weighted by molar-refractivity contribution is 5.73. The zero-order valence-electron chi connectivity index (χ0n) is 10.8. The number of aromatic nitrogens is 3. The summed E-state index contributed by atoms with van der Waals surface area (Å²) >= 11 is 0. The third kappa shape index (κ3) is 1.90. The van der Waals surface area contributed by atoms with Crippen LogP contribution < -0.4 is 5.73 Å². The van der Waals surface area contributed by atoms with Gasteiger partial charge >= 0.3 is 0 Å². The van der Waals surface area contributed by atoms with Gasteiger partial charge in [0, 0.05) is 6.20 Å². The van der Waals surface area contributed by atoms with Gasteiger partial charge in [0.1, 0.15) is 5.82 Å². The fourth-order valence-electron chi connectivity index (χ4n) is 2.93. The number of imidazole rings is 1. The Morgan fingerprint density at radius 3 is 2.89 bits per heavy atom. The van der Waals surface area contributed by atoms with Crippen molar-refractivity contribution < 1.29 is 0 Å². The molecule has 1 fully saturated rings. The highest BCUT2D eigenvalue weighted by Gasteiger charge is 2.35. The summed E-state index contributed by atoms with van der Waals surface area (Å²) in [5, 5.41) is 0. The van der Waals surface area contributed by atoms with E-state index in [1.165, 1.54) is 19.3 Å². The topological polar surface area (TPSA) is 67.6 Å². The number of fused-ring (bicyclic) bond motifs is 1. The predicted molar refractivity (Wildman–Crippen MR) is 72.0 cm³/mol. The van der Waals surface area contributed by atoms with Crippen LogP contribution in [0.15, 0.2) is 18.5 Å². The summed E-state index contributed by atoms with van der Waals surface area (Å²) in [5.74, 6) is 1.77. The Labute approximate surface area is 107 Å². The summed E-state index contributed by atoms with van der Waals surface area (Å²) in [7, 11) is 0. The molecule has 1 aliphatic rings. The van der Waals surface area contributed by atoms with Gasteiger partial charge in [-0.3, -0.25) is 4.98 Å². The molecular formula is C14H20N4. The Kier molecular flexibility index (Phi) is 2.82. The summed E-state index contributed by atoms with van der Waals surface area (Å²) in [5.41, 5.74) is 8.22. The predicted octanol–water partition coefficient (Wildman–Crippen LogP) is 2.71. The largest absolute Gasteiger partial charge is 0.339 e. The van der Waals surface area contributed by atoms with Crippen LogP contribution in [0.25, 0.3) is 11.0 Å². The van der Waals surface area contributed by atoms with Gasteiger partial charge in [-0.25, -0.2) is 4.98 Å². The summed E-state index contributed by atoms with van der Waals surface area (Å²) in [6.45, 7) is 2.26. The van der Waals surface area contributed by atoms with Crippen molar-refractivity contribution in [3.05, 3.63) is 24.3 Å². The number of aromatic amines is 1. The quantitative estimate of drug-likeness (QED) is 0.853. The van der Waals surface area contributed by atoms with Gasteiger partial charge < -0.3 is 10.7 Å². The number of nitrogens with two attached hydrogens (primary N) is 1. The maximum absolute atomic E-state index is 6.55. The number of rotatable bonds is 2. The lowest BCUT2D eigenvalue weighted by Crippen LogP contribution is -2.41. The van der Waals surface area contributed by atoms with Crippen LogP contribution >= 0.6 is 0 Å². The first kappa shape index (κ1) is 11.7. The molecule has 18 heavy (non-hydrogen) atoms. The number of nitrogens with one attached hydrogen (secondary N) is 1. The Morgan fingerprint density at radius 1 is 1.44 bits per heavy atom. The molecular weight excluding hydrogens is 224 g/mol. The molecule has 1 aliphatic carbocycles. The minimum atomic E-state index is -0.273. The number of H-pyrrole nitrogens is 1. The maximum atomic E-state index is 6.55. The first-order valence-corrected chi connectivity index (χ1v) is 6.80. The van der Waals surface area contributed by atoms with E-state index in [0.717, 1.165) is 35.6 Å². The summed E-state index contributed by atoms with van der Waals surface area (Å²) in [6.07, 6.45) is 9.32. The van der Waals surface area contributed by atoms with Crippen LogP contribution in [0.5, 0.6) is 0 Å². The van der Waals surface area contributed by atoms with Crippen molar-refractivity contribution in [1.82, 2.24) is 15.0 Å². The molecule has 2 heterocycles. The van der Waals surface area contributed by atoms with Gasteiger partial charge in [-0.05, 0) is 37.7 Å². The SMILES string of the molecule is CCC1CCC(N)(c2nc3ccncc3[nH]2)CC1. The van der Waals surface area contributed by atoms with Gasteiger partial charge in [0.25, 0.3) is 0 Å². The fourth-order valence-corrected chi connectivity index (χ4v) is 2.93. The second-order valence-corrected chi connectivity index (χ2v) is 5.49. The summed E-state index contributed by atoms with van der Waals surface area (Å²) < 4.78 is 0. The standard InChI is InChI=1S/C14H20N4/c1-2-10-3-6-14(15,7-4-10)13-17-11-5-8-16-9-12(11)18-13/h5,8-10H,2-4,6-7,15H2,1H3,(H,17,18). The van der Waals surface area contributed by atoms with E-state index in [4.69, 9.17) is 5.73 Å². The molecule has 1 saturated carbocycles. The number of hydrogen-bond donors (Lipinski definition) is 2. The average Bonchev–Trinajstić information content (AvgIpc) is 2.84. The van der Waals surface area contributed by atoms with E-state index < -0.39 is 0 Å². The molecule has 2 aromatic heterocycles. The zero-order chi connectivity index (χ0) is 12.6. The van der Waals surface area contributed by atoms with Crippen LogP contribution in [-0.4, -0.2) is 15.0 Å². The second kappa shape index (κ2) is 4.35. The molecule has 0 unspecified atom stereocenters. The van der Waals surface area contributed by atoms with E-state index in [9.17, 15) is 0 Å². The lowest BCUT2D eigenvalue weighted by molar-refractivity contribution is 0.223. The highest BCUT2D eigenvalue weighted by Crippen LogP contribution is 2.37. The lowest BCUT2D eigenvalue weighted by Gasteiger charge is -2.35. The molecule has 0 spiro atoms. The third-order valence-corrected chi connectivity index (χ3v) is 4.33. The normalized spacial score (nSPS) is 28.7. The van der Waals surface area contributed by atoms with Crippen molar-refractivity contribution in [2.45, 2.75) is 44.6 Å². The third-order valence-electron chi connectivity index (χ3n) is 4.33. The van der Waals surface area contributed by atoms with E-state index in [-0.39, 0.29) is 5.54 Å². The van der Waals surface area contributed by atoms with E-state index in [0.29, 0.717) is 0 Å². The summed E-state index contributed by atoms with van der Waals surface area (Å²) in [4.78, 5) is 12.1. The molecule has 0 aromatic carbocycles. The molecule has 4 heteroatoms. The molecule has 0 saturated heterocycles. The molecule has 2 aromatic rings. The fraction of sp³-hybridized carbons (Fsp3) is 0.571. The van der Waals surface area contributed by atoms with Crippen molar-refractivity contribution in [1.29, 1.82) is 0 Å². The summed E-state index contributed by atoms with van der Waals surface area (Å²) in [6, 6.07) is 1.93. The van der Waals surface area contributed by atoms with Gasteiger partial charge in [0.15, 0.2) is 0 Å². The van der Waals surface area contributed by atoms with E-state index in [1.807, 2.05) is 12.3 Å². The average molecular weight is 244 g/mol. The second-order valence-electron chi connectivity index (χ2n) is 5.49. The van der Waals surface area contributed by atoms with Gasteiger partial charge in [0.2, 0.25) is 0 Å². The Morgan fingerprint density at radius 2 is 2.22 bits per heavy atom. The number of hydrogen-bond acceptors (Lipinski definition) is 3. The number of pyridine rings is 1. The first-order chi connectivity index (χ1) is 8.71. The maximum Gasteiger partial charge on any atom is 0.127 e. The Hall–Kier alpha value is -1.42. The molecule has 0 amide bonds. The van der Waals surface area contributed by atoms with Crippen LogP contribution in [0.4, 0.5) is 0 Å². The van der Waals surface area contributed by atoms with Crippen LogP contribution in [-0.2, 0) is 5.54 Å². The molecule has 3 rings (SSSR count). The molecule has 96 valence electrons. The van der Waals surface area contributed by atoms with Gasteiger partial charge in [-0.1, -0.05) is 13.3 Å². The van der Waals surface area contributed by atoms with Gasteiger partial charge in [-0.2, -0.15) is 0 Å². The Balaban J connectivity index is 1.89. The molecule has 0 atom stereocenters. The van der Waals surface area contributed by atoms with Crippen LogP contribution in [0.2, 0.25) is 0 Å². The van der Waals surface area contributed by atoms with Crippen molar-refractivity contribution in [3.63, 3.8) is 0 Å². The first-order valence-electron chi connectivity index (χ1n) is 6.80. The van der Waals surface area contributed by atoms with E-state index in [1.54, 1.807) is 6.20 Å². The van der Waals surface area contributed by atoms with Crippen molar-refractivity contribution in [2.24, 2.45) is 11.7 Å². The van der Waals surface area contributed by atoms with Crippen LogP contribution in [0.3, 0.4) is 0 Å². The van der Waals surface area contributed by atoms with E-state index in [2.05, 4.69) is 21.9 Å². The minimum Gasteiger partial charge on any atom is -0.339 e. The monoisotopic (exact) mass is 244 g/mol. The highest BCUT2D eigenvalue weighted by atomic mass is 15.0. The molecule has 0 radical (unpaired) electrons. The Bertz CT molecular complexity index is 504. The minimum absolute atomic E-state index is 0.273. The van der Waals surface area contributed by atoms with Crippen LogP contribution in [0, 0.1) is 5.92 Å². The molecule has 0 bridgehead atoms. The molecule has 0 aliphatic heterocycles. The van der Waals surface area contributed by atoms with Gasteiger partial charge in [0.05, 0.1) is 22.8 Å². The smallest absolute Gasteiger partial charge is 0.127 e. The van der Waals surface area contributed by atoms with Crippen molar-refractivity contribution in [3.8, 4) is 0 Å². The lowest BCUT2D eigenvalue weighted by atomic mass is 9.76. The number of nitrogens with zero attached hydrogens (tertiary/aromatic N) is 2. The molecule has 4 nitrogen and oxygen atoms in total. The van der Waals surface area contributed by atoms with Crippen LogP contribution in [0.1, 0.15) is 44.9 Å². The van der Waals surface area contributed by atoms with Gasteiger partial charge in [-0.15, -0.1) is 0 Å². The molecule has 3 N–H and O–H groups in total. The zero-order valence-corrected chi connectivity index (χ0v) is 10.8. The van der Waals surface area contributed by atoms with Crippen molar-refractivity contribution >= 4 is 11.0 Å². The van der Waals surface area contributed by atoms with E-state index >= 15 is 0 Å².